The maximum atomic E-state index is 12.9. The van der Waals surface area contributed by atoms with Gasteiger partial charge in [-0.1, -0.05) is 51.1 Å². The predicted octanol–water partition coefficient (Wildman–Crippen LogP) is 2.64. The Hall–Kier alpha value is -2.37. The summed E-state index contributed by atoms with van der Waals surface area (Å²) in [6.45, 7) is 5.77. The van der Waals surface area contributed by atoms with Crippen molar-refractivity contribution < 1.29 is 24.2 Å². The van der Waals surface area contributed by atoms with Gasteiger partial charge in [0.2, 0.25) is 5.91 Å². The second-order valence-corrected chi connectivity index (χ2v) is 7.61. The SMILES string of the molecule is COC(=O)C1CC(C(=O)O)N(C(=O)CC(C)(C)C)C1c1ccccc1. The van der Waals surface area contributed by atoms with Crippen molar-refractivity contribution in [2.75, 3.05) is 7.11 Å². The number of methoxy groups -OCH3 is 1. The van der Waals surface area contributed by atoms with E-state index in [9.17, 15) is 19.5 Å². The number of carboxylic acid groups (broad SMARTS) is 1. The second kappa shape index (κ2) is 7.25. The number of ether oxygens (including phenoxy) is 1. The fourth-order valence-electron chi connectivity index (χ4n) is 3.38. The quantitative estimate of drug-likeness (QED) is 0.847. The van der Waals surface area contributed by atoms with Crippen LogP contribution in [0, 0.1) is 11.3 Å². The summed E-state index contributed by atoms with van der Waals surface area (Å²) in [7, 11) is 1.28. The summed E-state index contributed by atoms with van der Waals surface area (Å²) in [5, 5.41) is 9.62. The average molecular weight is 347 g/mol. The lowest BCUT2D eigenvalue weighted by Crippen LogP contribution is -2.43. The summed E-state index contributed by atoms with van der Waals surface area (Å²) in [6, 6.07) is 7.40. The summed E-state index contributed by atoms with van der Waals surface area (Å²) in [5.41, 5.74) is 0.453. The zero-order valence-corrected chi connectivity index (χ0v) is 15.1. The molecule has 1 aromatic rings. The van der Waals surface area contributed by atoms with Crippen LogP contribution < -0.4 is 0 Å². The lowest BCUT2D eigenvalue weighted by molar-refractivity contribution is -0.151. The van der Waals surface area contributed by atoms with Gasteiger partial charge in [0.25, 0.3) is 0 Å². The number of likely N-dealkylation sites (tertiary alicyclic amines) is 1. The minimum absolute atomic E-state index is 0.0530. The molecule has 0 aromatic heterocycles. The third kappa shape index (κ3) is 4.18. The molecule has 0 saturated carbocycles. The summed E-state index contributed by atoms with van der Waals surface area (Å²) >= 11 is 0. The fraction of sp³-hybridized carbons (Fsp3) is 0.526. The molecule has 1 amide bonds. The Morgan fingerprint density at radius 1 is 1.20 bits per heavy atom. The van der Waals surface area contributed by atoms with Gasteiger partial charge < -0.3 is 14.7 Å². The molecule has 0 aliphatic carbocycles. The van der Waals surface area contributed by atoms with E-state index in [0.717, 1.165) is 5.56 Å². The molecule has 25 heavy (non-hydrogen) atoms. The van der Waals surface area contributed by atoms with Crippen LogP contribution >= 0.6 is 0 Å². The monoisotopic (exact) mass is 347 g/mol. The number of esters is 1. The first-order chi connectivity index (χ1) is 11.7. The van der Waals surface area contributed by atoms with Gasteiger partial charge in [-0.25, -0.2) is 4.79 Å². The molecule has 1 saturated heterocycles. The van der Waals surface area contributed by atoms with Gasteiger partial charge in [0.05, 0.1) is 19.1 Å². The number of amides is 1. The van der Waals surface area contributed by atoms with Crippen LogP contribution in [0.5, 0.6) is 0 Å². The zero-order valence-electron chi connectivity index (χ0n) is 15.1. The highest BCUT2D eigenvalue weighted by Gasteiger charge is 2.51. The van der Waals surface area contributed by atoms with Gasteiger partial charge in [-0.2, -0.15) is 0 Å². The Kier molecular flexibility index (Phi) is 5.50. The number of carbonyl (C=O) groups excluding carboxylic acids is 2. The second-order valence-electron chi connectivity index (χ2n) is 7.61. The van der Waals surface area contributed by atoms with Crippen molar-refractivity contribution in [3.8, 4) is 0 Å². The number of nitrogens with zero attached hydrogens (tertiary/aromatic N) is 1. The van der Waals surface area contributed by atoms with Crippen LogP contribution in [0.1, 0.15) is 45.2 Å². The van der Waals surface area contributed by atoms with Crippen LogP contribution in [0.3, 0.4) is 0 Å². The summed E-state index contributed by atoms with van der Waals surface area (Å²) in [5.74, 6) is -2.56. The van der Waals surface area contributed by atoms with Crippen LogP contribution in [0.25, 0.3) is 0 Å². The van der Waals surface area contributed by atoms with E-state index in [4.69, 9.17) is 4.74 Å². The van der Waals surface area contributed by atoms with Crippen molar-refractivity contribution in [2.24, 2.45) is 11.3 Å². The fourth-order valence-corrected chi connectivity index (χ4v) is 3.38. The molecule has 0 spiro atoms. The molecule has 1 aliphatic rings. The molecule has 1 aromatic carbocycles. The molecule has 136 valence electrons. The number of carboxylic acids is 1. The van der Waals surface area contributed by atoms with Gasteiger partial charge in [0, 0.05) is 6.42 Å². The van der Waals surface area contributed by atoms with E-state index >= 15 is 0 Å². The van der Waals surface area contributed by atoms with Crippen LogP contribution in [-0.4, -0.2) is 41.0 Å². The van der Waals surface area contributed by atoms with E-state index in [1.807, 2.05) is 51.1 Å². The third-order valence-electron chi connectivity index (χ3n) is 4.39. The van der Waals surface area contributed by atoms with Crippen molar-refractivity contribution in [3.63, 3.8) is 0 Å². The maximum absolute atomic E-state index is 12.9. The van der Waals surface area contributed by atoms with E-state index in [-0.39, 0.29) is 24.2 Å². The molecule has 0 bridgehead atoms. The highest BCUT2D eigenvalue weighted by atomic mass is 16.5. The smallest absolute Gasteiger partial charge is 0.326 e. The highest BCUT2D eigenvalue weighted by Crippen LogP contribution is 2.43. The van der Waals surface area contributed by atoms with Crippen molar-refractivity contribution in [2.45, 2.75) is 45.7 Å². The van der Waals surface area contributed by atoms with E-state index in [1.165, 1.54) is 12.0 Å². The maximum Gasteiger partial charge on any atom is 0.326 e. The van der Waals surface area contributed by atoms with Gasteiger partial charge in [-0.05, 0) is 17.4 Å². The van der Waals surface area contributed by atoms with Crippen LogP contribution in [0.4, 0.5) is 0 Å². The van der Waals surface area contributed by atoms with Crippen molar-refractivity contribution in [1.82, 2.24) is 4.90 Å². The molecule has 6 nitrogen and oxygen atoms in total. The number of benzene rings is 1. The Morgan fingerprint density at radius 3 is 2.28 bits per heavy atom. The summed E-state index contributed by atoms with van der Waals surface area (Å²) in [6.07, 6.45) is 0.255. The first-order valence-corrected chi connectivity index (χ1v) is 8.32. The summed E-state index contributed by atoms with van der Waals surface area (Å²) < 4.78 is 4.87. The summed E-state index contributed by atoms with van der Waals surface area (Å²) in [4.78, 5) is 38.3. The molecule has 6 heteroatoms. The van der Waals surface area contributed by atoms with Crippen LogP contribution in [-0.2, 0) is 19.1 Å². The van der Waals surface area contributed by atoms with Crippen molar-refractivity contribution >= 4 is 17.8 Å². The lowest BCUT2D eigenvalue weighted by Gasteiger charge is -2.32. The van der Waals surface area contributed by atoms with E-state index < -0.39 is 29.9 Å². The molecule has 1 fully saturated rings. The molecule has 3 unspecified atom stereocenters. The minimum Gasteiger partial charge on any atom is -0.480 e. The van der Waals surface area contributed by atoms with E-state index in [2.05, 4.69) is 0 Å². The Labute approximate surface area is 147 Å². The molecular weight excluding hydrogens is 322 g/mol. The number of carbonyl (C=O) groups is 3. The number of hydrogen-bond acceptors (Lipinski definition) is 4. The highest BCUT2D eigenvalue weighted by molar-refractivity contribution is 5.88. The van der Waals surface area contributed by atoms with E-state index in [0.29, 0.717) is 0 Å². The third-order valence-corrected chi connectivity index (χ3v) is 4.39. The Bertz CT molecular complexity index is 650. The molecule has 0 radical (unpaired) electrons. The van der Waals surface area contributed by atoms with Crippen molar-refractivity contribution in [3.05, 3.63) is 35.9 Å². The molecule has 3 atom stereocenters. The Balaban J connectivity index is 2.49. The first kappa shape index (κ1) is 19.0. The van der Waals surface area contributed by atoms with Crippen molar-refractivity contribution in [1.29, 1.82) is 0 Å². The predicted molar refractivity (Wildman–Crippen MR) is 91.6 cm³/mol. The molecule has 1 heterocycles. The van der Waals surface area contributed by atoms with Gasteiger partial charge in [0.15, 0.2) is 0 Å². The van der Waals surface area contributed by atoms with Crippen LogP contribution in [0.2, 0.25) is 0 Å². The lowest BCUT2D eigenvalue weighted by atomic mass is 9.90. The molecular formula is C19H25NO5. The van der Waals surface area contributed by atoms with Crippen LogP contribution in [0.15, 0.2) is 30.3 Å². The van der Waals surface area contributed by atoms with E-state index in [1.54, 1.807) is 0 Å². The number of aliphatic carboxylic acids is 1. The standard InChI is InChI=1S/C19H25NO5/c1-19(2,3)11-15(21)20-14(17(22)23)10-13(18(24)25-4)16(20)12-8-6-5-7-9-12/h5-9,13-14,16H,10-11H2,1-4H3,(H,22,23). The first-order valence-electron chi connectivity index (χ1n) is 8.32. The number of hydrogen-bond donors (Lipinski definition) is 1. The number of rotatable bonds is 4. The molecule has 1 aliphatic heterocycles. The van der Waals surface area contributed by atoms with Gasteiger partial charge in [-0.3, -0.25) is 9.59 Å². The Morgan fingerprint density at radius 2 is 1.80 bits per heavy atom. The largest absolute Gasteiger partial charge is 0.480 e. The zero-order chi connectivity index (χ0) is 18.8. The normalized spacial score (nSPS) is 23.4. The van der Waals surface area contributed by atoms with Gasteiger partial charge in [0.1, 0.15) is 6.04 Å². The average Bonchev–Trinajstić information content (AvgIpc) is 2.94. The topological polar surface area (TPSA) is 83.9 Å². The molecule has 2 rings (SSSR count). The van der Waals surface area contributed by atoms with Gasteiger partial charge >= 0.3 is 11.9 Å². The minimum atomic E-state index is -1.10. The van der Waals surface area contributed by atoms with Gasteiger partial charge in [-0.15, -0.1) is 0 Å². The molecule has 1 N–H and O–H groups in total.